The third-order valence-electron chi connectivity index (χ3n) is 7.19. The lowest BCUT2D eigenvalue weighted by Crippen LogP contribution is -2.53. The molecule has 11 heteroatoms. The van der Waals surface area contributed by atoms with E-state index in [9.17, 15) is 18.0 Å². The van der Waals surface area contributed by atoms with Crippen LogP contribution in [0, 0.1) is 13.8 Å². The Hall–Kier alpha value is -3.56. The number of carbonyl (C=O) groups excluding carboxylic acids is 2. The molecular weight excluding hydrogens is 641 g/mol. The van der Waals surface area contributed by atoms with Crippen molar-refractivity contribution >= 4 is 62.3 Å². The fraction of sp³-hybridized carbons (Fsp3) is 0.212. The van der Waals surface area contributed by atoms with Gasteiger partial charge in [0.05, 0.1) is 20.6 Å². The van der Waals surface area contributed by atoms with Gasteiger partial charge in [-0.25, -0.2) is 8.42 Å². The summed E-state index contributed by atoms with van der Waals surface area (Å²) < 4.78 is 29.2. The molecular formula is C33H32Cl3N3O4S. The molecule has 1 atom stereocenters. The number of aryl methyl sites for hydroxylation is 2. The van der Waals surface area contributed by atoms with Gasteiger partial charge >= 0.3 is 0 Å². The summed E-state index contributed by atoms with van der Waals surface area (Å²) in [6.07, 6.45) is 0.189. The molecule has 0 unspecified atom stereocenters. The number of benzene rings is 4. The molecule has 0 saturated carbocycles. The molecule has 0 aliphatic carbocycles. The second-order valence-electron chi connectivity index (χ2n) is 10.3. The third kappa shape index (κ3) is 7.93. The van der Waals surface area contributed by atoms with Gasteiger partial charge in [0.2, 0.25) is 11.8 Å². The number of anilines is 1. The third-order valence-corrected chi connectivity index (χ3v) is 10.1. The number of sulfonamides is 1. The van der Waals surface area contributed by atoms with Crippen LogP contribution < -0.4 is 9.62 Å². The molecule has 7 nitrogen and oxygen atoms in total. The van der Waals surface area contributed by atoms with Crippen LogP contribution >= 0.6 is 34.8 Å². The maximum absolute atomic E-state index is 14.4. The largest absolute Gasteiger partial charge is 0.357 e. The van der Waals surface area contributed by atoms with Crippen LogP contribution in [0.2, 0.25) is 15.1 Å². The Morgan fingerprint density at radius 2 is 1.48 bits per heavy atom. The van der Waals surface area contributed by atoms with E-state index in [1.807, 2.05) is 37.3 Å². The lowest BCUT2D eigenvalue weighted by Gasteiger charge is -2.33. The van der Waals surface area contributed by atoms with Crippen molar-refractivity contribution in [3.05, 3.63) is 128 Å². The molecule has 0 aliphatic heterocycles. The van der Waals surface area contributed by atoms with Gasteiger partial charge in [-0.05, 0) is 66.9 Å². The van der Waals surface area contributed by atoms with E-state index in [2.05, 4.69) is 5.32 Å². The number of carbonyl (C=O) groups is 2. The molecule has 0 bridgehead atoms. The second kappa shape index (κ2) is 14.5. The molecule has 0 radical (unpaired) electrons. The lowest BCUT2D eigenvalue weighted by molar-refractivity contribution is -0.139. The molecule has 0 spiro atoms. The van der Waals surface area contributed by atoms with Crippen molar-refractivity contribution < 1.29 is 18.0 Å². The van der Waals surface area contributed by atoms with E-state index in [4.69, 9.17) is 34.8 Å². The minimum absolute atomic E-state index is 0.00997. The summed E-state index contributed by atoms with van der Waals surface area (Å²) in [5, 5.41) is 3.63. The first-order chi connectivity index (χ1) is 20.9. The summed E-state index contributed by atoms with van der Waals surface area (Å²) in [6, 6.07) is 24.4. The zero-order valence-electron chi connectivity index (χ0n) is 24.4. The van der Waals surface area contributed by atoms with Crippen molar-refractivity contribution in [2.45, 2.75) is 37.8 Å². The van der Waals surface area contributed by atoms with Crippen molar-refractivity contribution in [1.82, 2.24) is 10.2 Å². The molecule has 0 aliphatic rings. The summed E-state index contributed by atoms with van der Waals surface area (Å²) in [5.74, 6) is -1.01. The Bertz CT molecular complexity index is 1750. The molecule has 230 valence electrons. The Morgan fingerprint density at radius 3 is 2.09 bits per heavy atom. The molecule has 2 amide bonds. The average Bonchev–Trinajstić information content (AvgIpc) is 3.01. The smallest absolute Gasteiger partial charge is 0.264 e. The number of hydrogen-bond donors (Lipinski definition) is 1. The monoisotopic (exact) mass is 671 g/mol. The Kier molecular flexibility index (Phi) is 11.0. The normalized spacial score (nSPS) is 12.0. The highest BCUT2D eigenvalue weighted by Crippen LogP contribution is 2.29. The van der Waals surface area contributed by atoms with E-state index in [1.54, 1.807) is 49.4 Å². The van der Waals surface area contributed by atoms with E-state index < -0.39 is 34.4 Å². The van der Waals surface area contributed by atoms with E-state index in [0.717, 1.165) is 21.0 Å². The minimum Gasteiger partial charge on any atom is -0.357 e. The van der Waals surface area contributed by atoms with Crippen molar-refractivity contribution in [3.8, 4) is 0 Å². The lowest BCUT2D eigenvalue weighted by atomic mass is 10.0. The van der Waals surface area contributed by atoms with Crippen LogP contribution in [0.1, 0.15) is 22.3 Å². The van der Waals surface area contributed by atoms with Gasteiger partial charge in [0, 0.05) is 25.0 Å². The van der Waals surface area contributed by atoms with Gasteiger partial charge in [0.25, 0.3) is 10.0 Å². The number of likely N-dealkylation sites (N-methyl/N-ethyl adjacent to an activating group) is 1. The predicted molar refractivity (Wildman–Crippen MR) is 177 cm³/mol. The van der Waals surface area contributed by atoms with Crippen LogP contribution in [0.15, 0.2) is 95.9 Å². The first-order valence-electron chi connectivity index (χ1n) is 13.7. The Balaban J connectivity index is 1.81. The van der Waals surface area contributed by atoms with Crippen molar-refractivity contribution in [2.24, 2.45) is 0 Å². The zero-order chi connectivity index (χ0) is 32.0. The molecule has 4 aromatic rings. The van der Waals surface area contributed by atoms with Gasteiger partial charge in [0.15, 0.2) is 0 Å². The fourth-order valence-corrected chi connectivity index (χ4v) is 6.56. The first kappa shape index (κ1) is 33.3. The highest BCUT2D eigenvalue weighted by atomic mass is 35.5. The maximum Gasteiger partial charge on any atom is 0.264 e. The molecule has 0 saturated heterocycles. The van der Waals surface area contributed by atoms with E-state index in [0.29, 0.717) is 15.6 Å². The maximum atomic E-state index is 14.4. The first-order valence-corrected chi connectivity index (χ1v) is 16.3. The summed E-state index contributed by atoms with van der Waals surface area (Å²) in [7, 11) is -2.75. The average molecular weight is 673 g/mol. The van der Waals surface area contributed by atoms with Gasteiger partial charge in [-0.1, -0.05) is 95.0 Å². The summed E-state index contributed by atoms with van der Waals surface area (Å²) >= 11 is 18.8. The van der Waals surface area contributed by atoms with Crippen LogP contribution in [-0.2, 0) is 32.6 Å². The number of amides is 2. The van der Waals surface area contributed by atoms with Crippen LogP contribution in [0.25, 0.3) is 0 Å². The standard InChI is InChI=1S/C33H32Cl3N3O4S/c1-22-9-14-27(15-10-22)44(42,43)39(26-13-11-23(2)29(35)19-26)21-32(40)38(20-25-12-16-28(34)30(36)17-25)31(33(41)37-3)18-24-7-5-4-6-8-24/h4-17,19,31H,18,20-21H2,1-3H3,(H,37,41)/t31-/m0/s1. The van der Waals surface area contributed by atoms with Gasteiger partial charge in [-0.15, -0.1) is 0 Å². The van der Waals surface area contributed by atoms with Gasteiger partial charge in [0.1, 0.15) is 12.6 Å². The van der Waals surface area contributed by atoms with Crippen LogP contribution in [0.3, 0.4) is 0 Å². The van der Waals surface area contributed by atoms with Crippen LogP contribution in [0.5, 0.6) is 0 Å². The number of rotatable bonds is 11. The van der Waals surface area contributed by atoms with Crippen molar-refractivity contribution in [2.75, 3.05) is 17.9 Å². The summed E-state index contributed by atoms with van der Waals surface area (Å²) in [6.45, 7) is 3.02. The number of nitrogens with one attached hydrogen (secondary N) is 1. The quantitative estimate of drug-likeness (QED) is 0.189. The highest BCUT2D eigenvalue weighted by Gasteiger charge is 2.34. The van der Waals surface area contributed by atoms with Crippen LogP contribution in [-0.4, -0.2) is 44.8 Å². The number of halogens is 3. The SMILES string of the molecule is CNC(=O)[C@H](Cc1ccccc1)N(Cc1ccc(Cl)c(Cl)c1)C(=O)CN(c1ccc(C)c(Cl)c1)S(=O)(=O)c1ccc(C)cc1. The minimum atomic E-state index is -4.24. The van der Waals surface area contributed by atoms with Crippen LogP contribution in [0.4, 0.5) is 5.69 Å². The number of hydrogen-bond acceptors (Lipinski definition) is 4. The highest BCUT2D eigenvalue weighted by molar-refractivity contribution is 7.92. The van der Waals surface area contributed by atoms with E-state index in [-0.39, 0.29) is 28.6 Å². The van der Waals surface area contributed by atoms with E-state index in [1.165, 1.54) is 30.1 Å². The number of nitrogens with zero attached hydrogens (tertiary/aromatic N) is 2. The summed E-state index contributed by atoms with van der Waals surface area (Å²) in [5.41, 5.74) is 3.28. The molecule has 0 aromatic heterocycles. The Labute approximate surface area is 273 Å². The van der Waals surface area contributed by atoms with Crippen molar-refractivity contribution in [3.63, 3.8) is 0 Å². The van der Waals surface area contributed by atoms with Crippen molar-refractivity contribution in [1.29, 1.82) is 0 Å². The topological polar surface area (TPSA) is 86.8 Å². The molecule has 0 heterocycles. The Morgan fingerprint density at radius 1 is 0.795 bits per heavy atom. The molecule has 4 aromatic carbocycles. The summed E-state index contributed by atoms with van der Waals surface area (Å²) in [4.78, 5) is 29.1. The molecule has 4 rings (SSSR count). The zero-order valence-corrected chi connectivity index (χ0v) is 27.5. The molecule has 1 N–H and O–H groups in total. The van der Waals surface area contributed by atoms with Gasteiger partial charge < -0.3 is 10.2 Å². The molecule has 44 heavy (non-hydrogen) atoms. The van der Waals surface area contributed by atoms with Gasteiger partial charge in [-0.3, -0.25) is 13.9 Å². The fourth-order valence-electron chi connectivity index (χ4n) is 4.66. The predicted octanol–water partition coefficient (Wildman–Crippen LogP) is 6.85. The second-order valence-corrected chi connectivity index (χ2v) is 13.4. The molecule has 0 fully saturated rings. The van der Waals surface area contributed by atoms with Gasteiger partial charge in [-0.2, -0.15) is 0 Å². The van der Waals surface area contributed by atoms with E-state index >= 15 is 0 Å².